The minimum atomic E-state index is -0.0587. The van der Waals surface area contributed by atoms with Crippen LogP contribution in [0.4, 0.5) is 0 Å². The van der Waals surface area contributed by atoms with Crippen LogP contribution in [0.1, 0.15) is 36.5 Å². The highest BCUT2D eigenvalue weighted by Gasteiger charge is 2.33. The van der Waals surface area contributed by atoms with E-state index in [1.54, 1.807) is 18.2 Å². The second-order valence-corrected chi connectivity index (χ2v) is 5.67. The zero-order chi connectivity index (χ0) is 11.8. The fraction of sp³-hybridized carbons (Fsp3) is 0.417. The number of carbonyl (C=O) groups excluding carboxylic acids is 1. The Kier molecular flexibility index (Phi) is 3.27. The van der Waals surface area contributed by atoms with Crippen molar-refractivity contribution in [2.45, 2.75) is 31.7 Å². The van der Waals surface area contributed by atoms with Crippen LogP contribution in [0.25, 0.3) is 0 Å². The van der Waals surface area contributed by atoms with Crippen LogP contribution < -0.4 is 5.32 Å². The average molecular weight is 303 g/mol. The monoisotopic (exact) mass is 301 g/mol. The minimum absolute atomic E-state index is 0.0289. The molecule has 0 spiro atoms. The summed E-state index contributed by atoms with van der Waals surface area (Å²) in [6.45, 7) is 2.08. The first-order valence-corrected chi connectivity index (χ1v) is 6.45. The molecule has 0 radical (unpaired) electrons. The molecule has 0 unspecified atom stereocenters. The molecule has 0 aliphatic heterocycles. The van der Waals surface area contributed by atoms with Gasteiger partial charge in [0.2, 0.25) is 0 Å². The Morgan fingerprint density at radius 2 is 2.19 bits per heavy atom. The van der Waals surface area contributed by atoms with Gasteiger partial charge < -0.3 is 5.32 Å². The molecule has 2 rings (SSSR count). The van der Waals surface area contributed by atoms with E-state index in [1.807, 2.05) is 0 Å². The third kappa shape index (κ3) is 2.25. The predicted octanol–water partition coefficient (Wildman–Crippen LogP) is 3.77. The van der Waals surface area contributed by atoms with Gasteiger partial charge in [0, 0.05) is 10.0 Å². The Morgan fingerprint density at radius 1 is 1.50 bits per heavy atom. The van der Waals surface area contributed by atoms with Crippen molar-refractivity contribution in [2.24, 2.45) is 0 Å². The number of rotatable bonds is 2. The summed E-state index contributed by atoms with van der Waals surface area (Å²) < 4.78 is 0.664. The summed E-state index contributed by atoms with van der Waals surface area (Å²) in [6, 6.07) is 5.31. The lowest BCUT2D eigenvalue weighted by atomic mass is 9.78. The maximum Gasteiger partial charge on any atom is 0.252 e. The number of hydrogen-bond donors (Lipinski definition) is 1. The Bertz CT molecular complexity index is 429. The van der Waals surface area contributed by atoms with E-state index in [0.717, 1.165) is 12.8 Å². The number of amides is 1. The molecule has 0 saturated heterocycles. The second kappa shape index (κ2) is 4.38. The van der Waals surface area contributed by atoms with Crippen LogP contribution in [-0.2, 0) is 0 Å². The van der Waals surface area contributed by atoms with Gasteiger partial charge in [0.25, 0.3) is 5.91 Å². The minimum Gasteiger partial charge on any atom is -0.347 e. The van der Waals surface area contributed by atoms with Crippen molar-refractivity contribution in [1.29, 1.82) is 0 Å². The maximum atomic E-state index is 12.0. The molecule has 1 aromatic rings. The molecule has 0 bridgehead atoms. The van der Waals surface area contributed by atoms with Gasteiger partial charge in [-0.05, 0) is 54.2 Å². The van der Waals surface area contributed by atoms with Crippen LogP contribution >= 0.6 is 27.5 Å². The predicted molar refractivity (Wildman–Crippen MR) is 68.9 cm³/mol. The fourth-order valence-corrected chi connectivity index (χ4v) is 2.47. The standard InChI is InChI=1S/C12H13BrClNO/c1-12(6-3-7-12)15-11(16)8-4-2-5-9(14)10(8)13/h2,4-5H,3,6-7H2,1H3,(H,15,16). The summed E-state index contributed by atoms with van der Waals surface area (Å²) in [4.78, 5) is 12.0. The molecule has 0 atom stereocenters. The molecule has 1 aliphatic carbocycles. The van der Waals surface area contributed by atoms with E-state index in [1.165, 1.54) is 6.42 Å². The normalized spacial score (nSPS) is 17.7. The molecule has 1 aromatic carbocycles. The van der Waals surface area contributed by atoms with E-state index in [0.29, 0.717) is 15.1 Å². The lowest BCUT2D eigenvalue weighted by Crippen LogP contribution is -2.51. The summed E-state index contributed by atoms with van der Waals surface area (Å²) in [5.74, 6) is -0.0587. The van der Waals surface area contributed by atoms with Crippen molar-refractivity contribution in [3.63, 3.8) is 0 Å². The molecule has 1 N–H and O–H groups in total. The van der Waals surface area contributed by atoms with Gasteiger partial charge in [0.1, 0.15) is 0 Å². The van der Waals surface area contributed by atoms with E-state index in [2.05, 4.69) is 28.2 Å². The van der Waals surface area contributed by atoms with Gasteiger partial charge in [0.15, 0.2) is 0 Å². The van der Waals surface area contributed by atoms with Gasteiger partial charge in [-0.2, -0.15) is 0 Å². The van der Waals surface area contributed by atoms with E-state index in [-0.39, 0.29) is 11.4 Å². The Hall–Kier alpha value is -0.540. The highest BCUT2D eigenvalue weighted by molar-refractivity contribution is 9.10. The summed E-state index contributed by atoms with van der Waals surface area (Å²) in [5.41, 5.74) is 0.569. The van der Waals surface area contributed by atoms with Crippen molar-refractivity contribution in [2.75, 3.05) is 0 Å². The molecule has 2 nitrogen and oxygen atoms in total. The van der Waals surface area contributed by atoms with Crippen LogP contribution in [-0.4, -0.2) is 11.4 Å². The zero-order valence-electron chi connectivity index (χ0n) is 9.02. The van der Waals surface area contributed by atoms with Crippen molar-refractivity contribution in [1.82, 2.24) is 5.32 Å². The average Bonchev–Trinajstić information content (AvgIpc) is 2.19. The summed E-state index contributed by atoms with van der Waals surface area (Å²) >= 11 is 9.29. The number of hydrogen-bond acceptors (Lipinski definition) is 1. The first-order valence-electron chi connectivity index (χ1n) is 5.28. The first kappa shape index (κ1) is 11.9. The van der Waals surface area contributed by atoms with Crippen LogP contribution in [0, 0.1) is 0 Å². The number of benzene rings is 1. The summed E-state index contributed by atoms with van der Waals surface area (Å²) in [5, 5.41) is 3.61. The molecular formula is C12H13BrClNO. The molecule has 1 saturated carbocycles. The van der Waals surface area contributed by atoms with Gasteiger partial charge in [-0.15, -0.1) is 0 Å². The topological polar surface area (TPSA) is 29.1 Å². The van der Waals surface area contributed by atoms with Gasteiger partial charge in [-0.25, -0.2) is 0 Å². The molecule has 0 aromatic heterocycles. The van der Waals surface area contributed by atoms with Crippen LogP contribution in [0.15, 0.2) is 22.7 Å². The Morgan fingerprint density at radius 3 is 2.75 bits per heavy atom. The zero-order valence-corrected chi connectivity index (χ0v) is 11.4. The third-order valence-corrected chi connectivity index (χ3v) is 4.47. The molecular weight excluding hydrogens is 289 g/mol. The molecule has 1 amide bonds. The third-order valence-electron chi connectivity index (χ3n) is 3.07. The van der Waals surface area contributed by atoms with E-state index >= 15 is 0 Å². The lowest BCUT2D eigenvalue weighted by Gasteiger charge is -2.39. The van der Waals surface area contributed by atoms with Crippen molar-refractivity contribution in [3.05, 3.63) is 33.3 Å². The van der Waals surface area contributed by atoms with Crippen LogP contribution in [0.2, 0.25) is 5.02 Å². The van der Waals surface area contributed by atoms with Gasteiger partial charge in [0.05, 0.1) is 10.6 Å². The SMILES string of the molecule is CC1(NC(=O)c2cccc(Cl)c2Br)CCC1. The fourth-order valence-electron chi connectivity index (χ4n) is 1.85. The highest BCUT2D eigenvalue weighted by atomic mass is 79.9. The van der Waals surface area contributed by atoms with E-state index in [9.17, 15) is 4.79 Å². The van der Waals surface area contributed by atoms with Gasteiger partial charge >= 0.3 is 0 Å². The molecule has 4 heteroatoms. The quantitative estimate of drug-likeness (QED) is 0.885. The van der Waals surface area contributed by atoms with Crippen molar-refractivity contribution in [3.8, 4) is 0 Å². The number of halogens is 2. The first-order chi connectivity index (χ1) is 7.52. The molecule has 0 heterocycles. The Balaban J connectivity index is 2.17. The van der Waals surface area contributed by atoms with Crippen LogP contribution in [0.3, 0.4) is 0 Å². The molecule has 86 valence electrons. The smallest absolute Gasteiger partial charge is 0.252 e. The molecule has 16 heavy (non-hydrogen) atoms. The largest absolute Gasteiger partial charge is 0.347 e. The molecule has 1 aliphatic rings. The number of carbonyl (C=O) groups is 1. The van der Waals surface area contributed by atoms with E-state index < -0.39 is 0 Å². The van der Waals surface area contributed by atoms with Gasteiger partial charge in [-0.3, -0.25) is 4.79 Å². The van der Waals surface area contributed by atoms with E-state index in [4.69, 9.17) is 11.6 Å². The molecule has 1 fully saturated rings. The van der Waals surface area contributed by atoms with Crippen molar-refractivity contribution < 1.29 is 4.79 Å². The van der Waals surface area contributed by atoms with Gasteiger partial charge in [-0.1, -0.05) is 17.7 Å². The Labute approximate surface area is 108 Å². The highest BCUT2D eigenvalue weighted by Crippen LogP contribution is 2.32. The maximum absolute atomic E-state index is 12.0. The number of nitrogens with one attached hydrogen (secondary N) is 1. The second-order valence-electron chi connectivity index (χ2n) is 4.47. The summed E-state index contributed by atoms with van der Waals surface area (Å²) in [6.07, 6.45) is 3.29. The summed E-state index contributed by atoms with van der Waals surface area (Å²) in [7, 11) is 0. The van der Waals surface area contributed by atoms with Crippen LogP contribution in [0.5, 0.6) is 0 Å². The lowest BCUT2D eigenvalue weighted by molar-refractivity contribution is 0.0849. The van der Waals surface area contributed by atoms with Crippen molar-refractivity contribution >= 4 is 33.4 Å².